The van der Waals surface area contributed by atoms with Gasteiger partial charge in [0.1, 0.15) is 0 Å². The molecule has 6 heavy (non-hydrogen) atoms. The summed E-state index contributed by atoms with van der Waals surface area (Å²) < 4.78 is 8.34. The minimum Gasteiger partial charge on any atom is -0.344 e. The van der Waals surface area contributed by atoms with Crippen molar-refractivity contribution in [1.29, 1.82) is 0 Å². The molecule has 0 amide bonds. The number of rotatable bonds is 0. The predicted molar refractivity (Wildman–Crippen MR) is 22.7 cm³/mol. The van der Waals surface area contributed by atoms with E-state index in [4.69, 9.17) is 0 Å². The standard InChI is InChI=1S/CO3S2/c2-1-3-5-6-4-1. The third-order valence-corrected chi connectivity index (χ3v) is 1.27. The van der Waals surface area contributed by atoms with Gasteiger partial charge in [0.15, 0.2) is 22.1 Å². The minimum atomic E-state index is -0.620. The van der Waals surface area contributed by atoms with Crippen LogP contribution >= 0.6 is 22.1 Å². The lowest BCUT2D eigenvalue weighted by Crippen LogP contribution is -1.84. The van der Waals surface area contributed by atoms with Crippen LogP contribution in [0.4, 0.5) is 4.79 Å². The molecule has 0 aliphatic carbocycles. The zero-order valence-electron chi connectivity index (χ0n) is 2.54. The average molecular weight is 124 g/mol. The fourth-order valence-corrected chi connectivity index (χ4v) is 0.875. The lowest BCUT2D eigenvalue weighted by Gasteiger charge is -1.72. The second-order valence-corrected chi connectivity index (χ2v) is 1.97. The Morgan fingerprint density at radius 3 is 2.00 bits per heavy atom. The van der Waals surface area contributed by atoms with Gasteiger partial charge in [-0.15, -0.1) is 0 Å². The van der Waals surface area contributed by atoms with Gasteiger partial charge in [-0.2, -0.15) is 0 Å². The largest absolute Gasteiger partial charge is 0.535 e. The average Bonchev–Trinajstić information content (AvgIpc) is 1.86. The molecule has 1 fully saturated rings. The van der Waals surface area contributed by atoms with E-state index in [1.165, 1.54) is 0 Å². The quantitative estimate of drug-likeness (QED) is 0.360. The Labute approximate surface area is 42.2 Å². The van der Waals surface area contributed by atoms with Crippen molar-refractivity contribution >= 4 is 28.3 Å². The maximum atomic E-state index is 9.76. The third-order valence-electron chi connectivity index (χ3n) is 0.232. The maximum absolute atomic E-state index is 9.76. The van der Waals surface area contributed by atoms with Gasteiger partial charge in [-0.3, -0.25) is 0 Å². The Morgan fingerprint density at radius 2 is 1.83 bits per heavy atom. The Kier molecular flexibility index (Phi) is 1.11. The number of carbonyl (C=O) groups excluding carboxylic acids is 1. The van der Waals surface area contributed by atoms with Gasteiger partial charge < -0.3 is 8.37 Å². The first-order chi connectivity index (χ1) is 2.89. The van der Waals surface area contributed by atoms with E-state index in [1.807, 2.05) is 0 Å². The molecule has 0 bridgehead atoms. The van der Waals surface area contributed by atoms with Crippen LogP contribution in [0.2, 0.25) is 0 Å². The van der Waals surface area contributed by atoms with Crippen molar-refractivity contribution < 1.29 is 13.2 Å². The van der Waals surface area contributed by atoms with Crippen LogP contribution in [-0.4, -0.2) is 6.16 Å². The molecule has 0 N–H and O–H groups in total. The predicted octanol–water partition coefficient (Wildman–Crippen LogP) is 1.36. The topological polar surface area (TPSA) is 35.5 Å². The summed E-state index contributed by atoms with van der Waals surface area (Å²) in [6.07, 6.45) is -0.620. The van der Waals surface area contributed by atoms with E-state index in [-0.39, 0.29) is 0 Å². The molecular weight excluding hydrogens is 124 g/mol. The highest BCUT2D eigenvalue weighted by molar-refractivity contribution is 8.73. The van der Waals surface area contributed by atoms with Gasteiger partial charge in [0.2, 0.25) is 0 Å². The van der Waals surface area contributed by atoms with Crippen molar-refractivity contribution in [2.75, 3.05) is 0 Å². The first-order valence-corrected chi connectivity index (χ1v) is 3.11. The Morgan fingerprint density at radius 1 is 1.33 bits per heavy atom. The molecule has 0 unspecified atom stereocenters. The number of hydrogen-bond donors (Lipinski definition) is 0. The third kappa shape index (κ3) is 0.721. The van der Waals surface area contributed by atoms with Crippen molar-refractivity contribution in [2.45, 2.75) is 0 Å². The zero-order chi connectivity index (χ0) is 4.41. The molecule has 1 aliphatic heterocycles. The summed E-state index contributed by atoms with van der Waals surface area (Å²) in [5, 5.41) is 0. The Hall–Kier alpha value is -0.0300. The SMILES string of the molecule is O=C1OSSO1. The molecule has 0 atom stereocenters. The van der Waals surface area contributed by atoms with Crippen LogP contribution in [0.25, 0.3) is 0 Å². The van der Waals surface area contributed by atoms with Gasteiger partial charge in [-0.05, 0) is 0 Å². The van der Waals surface area contributed by atoms with Crippen LogP contribution in [0.15, 0.2) is 0 Å². The normalized spacial score (nSPS) is 19.7. The van der Waals surface area contributed by atoms with Crippen LogP contribution in [0.5, 0.6) is 0 Å². The van der Waals surface area contributed by atoms with E-state index >= 15 is 0 Å². The molecule has 0 spiro atoms. The molecule has 1 rings (SSSR count). The highest BCUT2D eigenvalue weighted by atomic mass is 33.1. The van der Waals surface area contributed by atoms with Gasteiger partial charge in [0, 0.05) is 0 Å². The summed E-state index contributed by atoms with van der Waals surface area (Å²) in [6, 6.07) is 0. The Bertz CT molecular complexity index is 63.2. The van der Waals surface area contributed by atoms with Crippen LogP contribution in [0, 0.1) is 0 Å². The van der Waals surface area contributed by atoms with Crippen molar-refractivity contribution in [3.8, 4) is 0 Å². The van der Waals surface area contributed by atoms with Crippen molar-refractivity contribution in [1.82, 2.24) is 0 Å². The summed E-state index contributed by atoms with van der Waals surface area (Å²) >= 11 is 1.85. The highest BCUT2D eigenvalue weighted by Crippen LogP contribution is 2.31. The molecule has 0 saturated carbocycles. The van der Waals surface area contributed by atoms with Crippen LogP contribution in [0.1, 0.15) is 0 Å². The molecule has 1 saturated heterocycles. The molecule has 1 aliphatic rings. The van der Waals surface area contributed by atoms with Gasteiger partial charge in [-0.1, -0.05) is 0 Å². The summed E-state index contributed by atoms with van der Waals surface area (Å²) in [6.45, 7) is 0. The Balaban J connectivity index is 2.37. The molecular formula is CO3S2. The first kappa shape index (κ1) is 4.14. The fourth-order valence-electron chi connectivity index (χ4n) is 0.0972. The van der Waals surface area contributed by atoms with Gasteiger partial charge in [-0.25, -0.2) is 4.79 Å². The van der Waals surface area contributed by atoms with E-state index in [1.54, 1.807) is 0 Å². The highest BCUT2D eigenvalue weighted by Gasteiger charge is 2.14. The van der Waals surface area contributed by atoms with E-state index < -0.39 is 6.16 Å². The molecule has 0 aromatic rings. The first-order valence-electron chi connectivity index (χ1n) is 1.11. The van der Waals surface area contributed by atoms with Crippen LogP contribution in [-0.2, 0) is 8.37 Å². The number of carbonyl (C=O) groups is 1. The second kappa shape index (κ2) is 1.61. The molecule has 0 aromatic carbocycles. The summed E-state index contributed by atoms with van der Waals surface area (Å²) in [5.41, 5.74) is 0. The van der Waals surface area contributed by atoms with Crippen molar-refractivity contribution in [3.05, 3.63) is 0 Å². The molecule has 1 heterocycles. The van der Waals surface area contributed by atoms with Gasteiger partial charge >= 0.3 is 6.16 Å². The zero-order valence-corrected chi connectivity index (χ0v) is 4.17. The van der Waals surface area contributed by atoms with Crippen LogP contribution in [0.3, 0.4) is 0 Å². The lowest BCUT2D eigenvalue weighted by molar-refractivity contribution is 0.174. The molecule has 34 valence electrons. The van der Waals surface area contributed by atoms with E-state index in [0.717, 1.165) is 22.1 Å². The van der Waals surface area contributed by atoms with Crippen molar-refractivity contribution in [3.63, 3.8) is 0 Å². The lowest BCUT2D eigenvalue weighted by atomic mass is 11.5. The smallest absolute Gasteiger partial charge is 0.344 e. The second-order valence-electron chi connectivity index (χ2n) is 0.553. The van der Waals surface area contributed by atoms with Crippen LogP contribution < -0.4 is 0 Å². The summed E-state index contributed by atoms with van der Waals surface area (Å²) in [4.78, 5) is 9.76. The fraction of sp³-hybridized carbons (Fsp3) is 0. The van der Waals surface area contributed by atoms with Gasteiger partial charge in [0.05, 0.1) is 0 Å². The van der Waals surface area contributed by atoms with E-state index in [0.29, 0.717) is 0 Å². The molecule has 0 radical (unpaired) electrons. The monoisotopic (exact) mass is 124 g/mol. The molecule has 3 nitrogen and oxygen atoms in total. The van der Waals surface area contributed by atoms with E-state index in [9.17, 15) is 4.79 Å². The summed E-state index contributed by atoms with van der Waals surface area (Å²) in [5.74, 6) is 0. The minimum absolute atomic E-state index is 0.620. The maximum Gasteiger partial charge on any atom is 0.535 e. The molecule has 5 heteroatoms. The summed E-state index contributed by atoms with van der Waals surface area (Å²) in [7, 11) is 0. The van der Waals surface area contributed by atoms with E-state index in [2.05, 4.69) is 8.37 Å². The number of hydrogen-bond acceptors (Lipinski definition) is 5. The molecule has 0 aromatic heterocycles. The van der Waals surface area contributed by atoms with Gasteiger partial charge in [0.25, 0.3) is 0 Å². The van der Waals surface area contributed by atoms with Crippen molar-refractivity contribution in [2.24, 2.45) is 0 Å².